The van der Waals surface area contributed by atoms with Crippen LogP contribution >= 0.6 is 0 Å². The summed E-state index contributed by atoms with van der Waals surface area (Å²) in [6.07, 6.45) is 3.17. The summed E-state index contributed by atoms with van der Waals surface area (Å²) in [7, 11) is 1.58. The molecule has 8 nitrogen and oxygen atoms in total. The maximum absolute atomic E-state index is 13.1. The molecule has 3 N–H and O–H groups in total. The number of aromatic nitrogens is 2. The average molecular weight is 452 g/mol. The second kappa shape index (κ2) is 9.95. The van der Waals surface area contributed by atoms with Gasteiger partial charge in [0, 0.05) is 17.7 Å². The Kier molecular flexibility index (Phi) is 6.84. The van der Waals surface area contributed by atoms with Crippen LogP contribution in [0.15, 0.2) is 42.5 Å². The fraction of sp³-hybridized carbons (Fsp3) is 0.360. The van der Waals surface area contributed by atoms with Crippen LogP contribution in [0.1, 0.15) is 53.8 Å². The van der Waals surface area contributed by atoms with Gasteiger partial charge in [0.05, 0.1) is 26.4 Å². The molecule has 0 unspecified atom stereocenters. The van der Waals surface area contributed by atoms with Crippen LogP contribution in [0, 0.1) is 0 Å². The maximum atomic E-state index is 13.1. The van der Waals surface area contributed by atoms with E-state index in [1.807, 2.05) is 18.2 Å². The number of unbranched alkanes of at least 4 members (excludes halogenated alkanes) is 2. The Morgan fingerprint density at radius 2 is 1.97 bits per heavy atom. The number of amides is 1. The molecule has 0 fully saturated rings. The number of phenols is 1. The van der Waals surface area contributed by atoms with Gasteiger partial charge >= 0.3 is 0 Å². The molecule has 1 aromatic heterocycles. The SMILES string of the molecule is CCCCCOc1ccc([C@@H]2c3c(-c4ccccc4O)n[nH]c3C(=O)N2CCO)cc1OC. The van der Waals surface area contributed by atoms with Crippen LogP contribution in [-0.2, 0) is 0 Å². The zero-order valence-corrected chi connectivity index (χ0v) is 18.9. The van der Waals surface area contributed by atoms with Gasteiger partial charge in [0.1, 0.15) is 17.1 Å². The monoisotopic (exact) mass is 451 g/mol. The van der Waals surface area contributed by atoms with E-state index in [-0.39, 0.29) is 24.8 Å². The van der Waals surface area contributed by atoms with Crippen molar-refractivity contribution in [1.82, 2.24) is 15.1 Å². The summed E-state index contributed by atoms with van der Waals surface area (Å²) in [5, 5.41) is 27.2. The number of aliphatic hydroxyl groups excluding tert-OH is 1. The fourth-order valence-corrected chi connectivity index (χ4v) is 4.27. The number of methoxy groups -OCH3 is 1. The number of aliphatic hydroxyl groups is 1. The Bertz CT molecular complexity index is 1130. The smallest absolute Gasteiger partial charge is 0.273 e. The van der Waals surface area contributed by atoms with E-state index in [9.17, 15) is 15.0 Å². The van der Waals surface area contributed by atoms with Gasteiger partial charge in [-0.25, -0.2) is 0 Å². The van der Waals surface area contributed by atoms with Crippen molar-refractivity contribution in [3.05, 3.63) is 59.3 Å². The second-order valence-electron chi connectivity index (χ2n) is 7.97. The Balaban J connectivity index is 1.76. The molecule has 0 saturated heterocycles. The largest absolute Gasteiger partial charge is 0.507 e. The lowest BCUT2D eigenvalue weighted by atomic mass is 9.95. The number of β-amino-alcohol motifs (C(OH)–C–C–N with tert-alkyl or cyclic N) is 1. The number of phenolic OH excluding ortho intramolecular Hbond substituents is 1. The van der Waals surface area contributed by atoms with Crippen molar-refractivity contribution in [2.24, 2.45) is 0 Å². The Morgan fingerprint density at radius 1 is 1.15 bits per heavy atom. The van der Waals surface area contributed by atoms with E-state index in [2.05, 4.69) is 17.1 Å². The van der Waals surface area contributed by atoms with Gasteiger partial charge in [0.2, 0.25) is 0 Å². The third kappa shape index (κ3) is 4.26. The molecule has 0 radical (unpaired) electrons. The van der Waals surface area contributed by atoms with Crippen molar-refractivity contribution in [3.8, 4) is 28.5 Å². The predicted molar refractivity (Wildman–Crippen MR) is 124 cm³/mol. The molecule has 1 atom stereocenters. The van der Waals surface area contributed by atoms with Crippen molar-refractivity contribution in [2.45, 2.75) is 32.2 Å². The van der Waals surface area contributed by atoms with E-state index in [1.165, 1.54) is 0 Å². The van der Waals surface area contributed by atoms with Crippen LogP contribution in [0.2, 0.25) is 0 Å². The van der Waals surface area contributed by atoms with Gasteiger partial charge in [-0.2, -0.15) is 5.10 Å². The molecular weight excluding hydrogens is 422 g/mol. The first kappa shape index (κ1) is 22.7. The lowest BCUT2D eigenvalue weighted by Crippen LogP contribution is -2.32. The average Bonchev–Trinajstić information content (AvgIpc) is 3.37. The number of H-pyrrole nitrogens is 1. The number of para-hydroxylation sites is 1. The number of rotatable bonds is 10. The molecule has 1 amide bonds. The fourth-order valence-electron chi connectivity index (χ4n) is 4.27. The van der Waals surface area contributed by atoms with Gasteiger partial charge in [-0.1, -0.05) is 38.0 Å². The van der Waals surface area contributed by atoms with Crippen LogP contribution < -0.4 is 9.47 Å². The van der Waals surface area contributed by atoms with Gasteiger partial charge < -0.3 is 24.6 Å². The molecule has 2 heterocycles. The number of aromatic amines is 1. The highest BCUT2D eigenvalue weighted by Gasteiger charge is 2.42. The molecule has 0 bridgehead atoms. The Morgan fingerprint density at radius 3 is 2.70 bits per heavy atom. The summed E-state index contributed by atoms with van der Waals surface area (Å²) in [6.45, 7) is 2.72. The Labute approximate surface area is 192 Å². The highest BCUT2D eigenvalue weighted by molar-refractivity contribution is 6.00. The topological polar surface area (TPSA) is 108 Å². The van der Waals surface area contributed by atoms with E-state index in [0.717, 1.165) is 24.8 Å². The number of benzene rings is 2. The molecule has 4 rings (SSSR count). The van der Waals surface area contributed by atoms with E-state index >= 15 is 0 Å². The highest BCUT2D eigenvalue weighted by Crippen LogP contribution is 2.45. The third-order valence-corrected chi connectivity index (χ3v) is 5.87. The van der Waals surface area contributed by atoms with Crippen molar-refractivity contribution >= 4 is 5.91 Å². The molecule has 8 heteroatoms. The normalized spacial score (nSPS) is 15.1. The highest BCUT2D eigenvalue weighted by atomic mass is 16.5. The van der Waals surface area contributed by atoms with Gasteiger partial charge in [-0.15, -0.1) is 0 Å². The van der Waals surface area contributed by atoms with E-state index in [4.69, 9.17) is 9.47 Å². The summed E-state index contributed by atoms with van der Waals surface area (Å²) in [5.41, 5.74) is 2.84. The molecule has 1 aliphatic rings. The zero-order chi connectivity index (χ0) is 23.4. The molecule has 2 aromatic carbocycles. The minimum atomic E-state index is -0.504. The molecule has 0 saturated carbocycles. The van der Waals surface area contributed by atoms with Gasteiger partial charge in [-0.3, -0.25) is 9.89 Å². The summed E-state index contributed by atoms with van der Waals surface area (Å²) in [6, 6.07) is 12.0. The van der Waals surface area contributed by atoms with E-state index < -0.39 is 6.04 Å². The van der Waals surface area contributed by atoms with E-state index in [0.29, 0.717) is 40.6 Å². The summed E-state index contributed by atoms with van der Waals surface area (Å²) in [5.74, 6) is 1.04. The summed E-state index contributed by atoms with van der Waals surface area (Å²) in [4.78, 5) is 14.7. The molecule has 1 aliphatic heterocycles. The Hall–Kier alpha value is -3.52. The molecule has 0 spiro atoms. The first-order valence-electron chi connectivity index (χ1n) is 11.2. The number of nitrogens with one attached hydrogen (secondary N) is 1. The first-order chi connectivity index (χ1) is 16.1. The quantitative estimate of drug-likeness (QED) is 0.404. The number of nitrogens with zero attached hydrogens (tertiary/aromatic N) is 2. The number of fused-ring (bicyclic) bond motifs is 1. The zero-order valence-electron chi connectivity index (χ0n) is 18.9. The number of carbonyl (C=O) groups excluding carboxylic acids is 1. The van der Waals surface area contributed by atoms with E-state index in [1.54, 1.807) is 36.3 Å². The van der Waals surface area contributed by atoms with Gasteiger partial charge in [-0.05, 0) is 36.2 Å². The molecular formula is C25H29N3O5. The maximum Gasteiger partial charge on any atom is 0.273 e. The minimum absolute atomic E-state index is 0.0759. The van der Waals surface area contributed by atoms with Crippen LogP contribution in [0.4, 0.5) is 0 Å². The minimum Gasteiger partial charge on any atom is -0.507 e. The van der Waals surface area contributed by atoms with Crippen LogP contribution in [0.25, 0.3) is 11.3 Å². The summed E-state index contributed by atoms with van der Waals surface area (Å²) < 4.78 is 11.5. The first-order valence-corrected chi connectivity index (χ1v) is 11.2. The second-order valence-corrected chi connectivity index (χ2v) is 7.97. The van der Waals surface area contributed by atoms with Crippen LogP contribution in [-0.4, -0.2) is 58.1 Å². The van der Waals surface area contributed by atoms with Gasteiger partial charge in [0.15, 0.2) is 11.5 Å². The lowest BCUT2D eigenvalue weighted by molar-refractivity contribution is 0.0706. The predicted octanol–water partition coefficient (Wildman–Crippen LogP) is 3.90. The molecule has 3 aromatic rings. The summed E-state index contributed by atoms with van der Waals surface area (Å²) >= 11 is 0. The van der Waals surface area contributed by atoms with Crippen molar-refractivity contribution in [1.29, 1.82) is 0 Å². The van der Waals surface area contributed by atoms with Crippen molar-refractivity contribution < 1.29 is 24.5 Å². The van der Waals surface area contributed by atoms with Crippen molar-refractivity contribution in [2.75, 3.05) is 26.9 Å². The molecule has 33 heavy (non-hydrogen) atoms. The van der Waals surface area contributed by atoms with Crippen molar-refractivity contribution in [3.63, 3.8) is 0 Å². The number of aromatic hydroxyl groups is 1. The van der Waals surface area contributed by atoms with Crippen LogP contribution in [0.5, 0.6) is 17.2 Å². The number of hydrogen-bond donors (Lipinski definition) is 3. The number of carbonyl (C=O) groups is 1. The molecule has 0 aliphatic carbocycles. The standard InChI is InChI=1S/C25H29N3O5/c1-3-4-7-14-33-19-11-10-16(15-20(19)32-2)24-21-22(17-8-5-6-9-18(17)30)26-27-23(21)25(31)28(24)12-13-29/h5-6,8-11,15,24,29-30H,3-4,7,12-14H2,1-2H3,(H,26,27)/t24-/m1/s1. The van der Waals surface area contributed by atoms with Gasteiger partial charge in [0.25, 0.3) is 5.91 Å². The lowest BCUT2D eigenvalue weighted by Gasteiger charge is -2.26. The van der Waals surface area contributed by atoms with Crippen LogP contribution in [0.3, 0.4) is 0 Å². The third-order valence-electron chi connectivity index (χ3n) is 5.87. The number of ether oxygens (including phenoxy) is 2. The molecule has 174 valence electrons. The number of hydrogen-bond acceptors (Lipinski definition) is 6.